The largest absolute Gasteiger partial charge is 0.342 e. The lowest BCUT2D eigenvalue weighted by Gasteiger charge is -2.08. The normalized spacial score (nSPS) is 15.4. The predicted octanol–water partition coefficient (Wildman–Crippen LogP) is 3.75. The van der Waals surface area contributed by atoms with Crippen molar-refractivity contribution in [2.45, 2.75) is 45.4 Å². The Morgan fingerprint density at radius 3 is 2.36 bits per heavy atom. The third-order valence-corrected chi connectivity index (χ3v) is 3.74. The van der Waals surface area contributed by atoms with Crippen LogP contribution in [0.2, 0.25) is 0 Å². The Kier molecular flexibility index (Phi) is 9.00. The van der Waals surface area contributed by atoms with Gasteiger partial charge in [0, 0.05) is 0 Å². The lowest BCUT2D eigenvalue weighted by Crippen LogP contribution is -1.93. The molecular weight excluding hydrogens is 223 g/mol. The van der Waals surface area contributed by atoms with Gasteiger partial charge in [-0.15, -0.1) is 11.6 Å². The number of hydrogen-bond acceptors (Lipinski definition) is 2. The van der Waals surface area contributed by atoms with Crippen LogP contribution in [0, 0.1) is 0 Å². The molecule has 0 amide bonds. The molecule has 1 atom stereocenters. The van der Waals surface area contributed by atoms with Crippen molar-refractivity contribution < 1.29 is 14.0 Å². The predicted molar refractivity (Wildman–Crippen MR) is 59.9 cm³/mol. The summed E-state index contributed by atoms with van der Waals surface area (Å²) in [5.74, 6) is 0. The van der Waals surface area contributed by atoms with Gasteiger partial charge in [0.25, 0.3) is 0 Å². The number of hydrogen-bond donors (Lipinski definition) is 1. The second-order valence-electron chi connectivity index (χ2n) is 3.36. The molecule has 0 aromatic heterocycles. The fourth-order valence-corrected chi connectivity index (χ4v) is 1.81. The lowest BCUT2D eigenvalue weighted by atomic mass is 10.1. The molecule has 1 unspecified atom stereocenters. The molecule has 0 aliphatic heterocycles. The maximum atomic E-state index is 10.9. The fourth-order valence-electron chi connectivity index (χ4n) is 1.12. The first-order valence-electron chi connectivity index (χ1n) is 5.14. The summed E-state index contributed by atoms with van der Waals surface area (Å²) in [6.07, 6.45) is 6.81. The summed E-state index contributed by atoms with van der Waals surface area (Å²) in [5, 5.41) is 0. The molecule has 0 rings (SSSR count). The van der Waals surface area contributed by atoms with Crippen LogP contribution in [0.1, 0.15) is 45.4 Å². The zero-order valence-corrected chi connectivity index (χ0v) is 10.4. The Hall–Kier alpha value is 0.440. The summed E-state index contributed by atoms with van der Waals surface area (Å²) in [6, 6.07) is 0. The Morgan fingerprint density at radius 1 is 1.21 bits per heavy atom. The van der Waals surface area contributed by atoms with Crippen LogP contribution < -0.4 is 0 Å². The maximum Gasteiger partial charge on any atom is 0.342 e. The van der Waals surface area contributed by atoms with Crippen LogP contribution in [0.4, 0.5) is 0 Å². The Labute approximate surface area is 91.3 Å². The van der Waals surface area contributed by atoms with E-state index in [9.17, 15) is 4.57 Å². The summed E-state index contributed by atoms with van der Waals surface area (Å²) in [6.45, 7) is 2.51. The molecule has 3 nitrogen and oxygen atoms in total. The third kappa shape index (κ3) is 9.01. The first kappa shape index (κ1) is 14.4. The van der Waals surface area contributed by atoms with Crippen molar-refractivity contribution >= 4 is 19.2 Å². The fraction of sp³-hybridized carbons (Fsp3) is 1.00. The Bertz CT molecular complexity index is 175. The summed E-state index contributed by atoms with van der Waals surface area (Å²) in [4.78, 5) is 8.97. The van der Waals surface area contributed by atoms with Crippen LogP contribution in [0.5, 0.6) is 0 Å². The van der Waals surface area contributed by atoms with E-state index in [1.165, 1.54) is 25.7 Å². The minimum Gasteiger partial charge on any atom is -0.323 e. The molecule has 0 heterocycles. The zero-order valence-electron chi connectivity index (χ0n) is 8.75. The SMILES string of the molecule is CCCCCCCCOP(=O)(O)CCl. The van der Waals surface area contributed by atoms with Crippen molar-refractivity contribution in [3.8, 4) is 0 Å². The molecule has 0 fully saturated rings. The van der Waals surface area contributed by atoms with E-state index in [1.54, 1.807) is 0 Å². The Balaban J connectivity index is 3.17. The number of rotatable bonds is 9. The van der Waals surface area contributed by atoms with Gasteiger partial charge in [-0.3, -0.25) is 4.57 Å². The molecule has 0 saturated carbocycles. The third-order valence-electron chi connectivity index (χ3n) is 1.94. The van der Waals surface area contributed by atoms with E-state index >= 15 is 0 Å². The number of unbranched alkanes of at least 4 members (excludes halogenated alkanes) is 5. The van der Waals surface area contributed by atoms with Crippen LogP contribution in [-0.4, -0.2) is 17.1 Å². The standard InChI is InChI=1S/C9H20ClO3P/c1-2-3-4-5-6-7-8-13-14(11,12)9-10/h2-9H2,1H3,(H,11,12). The molecular formula is C9H20ClO3P. The first-order chi connectivity index (χ1) is 6.62. The molecule has 0 bridgehead atoms. The van der Waals surface area contributed by atoms with Gasteiger partial charge in [-0.05, 0) is 6.42 Å². The van der Waals surface area contributed by atoms with Crippen molar-refractivity contribution in [1.82, 2.24) is 0 Å². The average Bonchev–Trinajstić information content (AvgIpc) is 2.16. The van der Waals surface area contributed by atoms with E-state index in [0.29, 0.717) is 6.61 Å². The van der Waals surface area contributed by atoms with Crippen molar-refractivity contribution in [1.29, 1.82) is 0 Å². The highest BCUT2D eigenvalue weighted by Crippen LogP contribution is 2.42. The molecule has 0 aliphatic rings. The van der Waals surface area contributed by atoms with E-state index in [-0.39, 0.29) is 5.62 Å². The lowest BCUT2D eigenvalue weighted by molar-refractivity contribution is 0.256. The second kappa shape index (κ2) is 8.72. The van der Waals surface area contributed by atoms with Gasteiger partial charge < -0.3 is 9.42 Å². The Morgan fingerprint density at radius 2 is 1.79 bits per heavy atom. The smallest absolute Gasteiger partial charge is 0.323 e. The van der Waals surface area contributed by atoms with Gasteiger partial charge in [0.05, 0.1) is 6.61 Å². The molecule has 0 spiro atoms. The van der Waals surface area contributed by atoms with Crippen molar-refractivity contribution in [2.24, 2.45) is 0 Å². The van der Waals surface area contributed by atoms with Crippen LogP contribution in [0.15, 0.2) is 0 Å². The van der Waals surface area contributed by atoms with Gasteiger partial charge in [0.1, 0.15) is 5.62 Å². The summed E-state index contributed by atoms with van der Waals surface area (Å²) in [7, 11) is -3.47. The first-order valence-corrected chi connectivity index (χ1v) is 7.44. The quantitative estimate of drug-likeness (QED) is 0.381. The van der Waals surface area contributed by atoms with Gasteiger partial charge in [-0.1, -0.05) is 39.0 Å². The molecule has 5 heteroatoms. The van der Waals surface area contributed by atoms with Crippen LogP contribution in [-0.2, 0) is 9.09 Å². The number of alkyl halides is 1. The van der Waals surface area contributed by atoms with E-state index in [1.807, 2.05) is 0 Å². The van der Waals surface area contributed by atoms with Crippen LogP contribution >= 0.6 is 19.2 Å². The van der Waals surface area contributed by atoms with Crippen LogP contribution in [0.3, 0.4) is 0 Å². The maximum absolute atomic E-state index is 10.9. The van der Waals surface area contributed by atoms with E-state index in [0.717, 1.165) is 12.8 Å². The highest BCUT2D eigenvalue weighted by atomic mass is 35.5. The monoisotopic (exact) mass is 242 g/mol. The van der Waals surface area contributed by atoms with Crippen molar-refractivity contribution in [3.05, 3.63) is 0 Å². The van der Waals surface area contributed by atoms with Gasteiger partial charge >= 0.3 is 7.60 Å². The summed E-state index contributed by atoms with van der Waals surface area (Å²) < 4.78 is 15.7. The summed E-state index contributed by atoms with van der Waals surface area (Å²) >= 11 is 5.24. The number of halogens is 1. The minimum atomic E-state index is -3.47. The molecule has 0 saturated heterocycles. The van der Waals surface area contributed by atoms with E-state index in [2.05, 4.69) is 6.92 Å². The topological polar surface area (TPSA) is 46.5 Å². The molecule has 0 radical (unpaired) electrons. The second-order valence-corrected chi connectivity index (χ2v) is 5.85. The summed E-state index contributed by atoms with van der Waals surface area (Å²) in [5.41, 5.74) is -0.317. The van der Waals surface area contributed by atoms with Gasteiger partial charge in [0.2, 0.25) is 0 Å². The average molecular weight is 243 g/mol. The zero-order chi connectivity index (χ0) is 10.9. The van der Waals surface area contributed by atoms with Crippen LogP contribution in [0.25, 0.3) is 0 Å². The highest BCUT2D eigenvalue weighted by Gasteiger charge is 2.16. The van der Waals surface area contributed by atoms with Gasteiger partial charge in [0.15, 0.2) is 0 Å². The van der Waals surface area contributed by atoms with Crippen molar-refractivity contribution in [3.63, 3.8) is 0 Å². The molecule has 86 valence electrons. The minimum absolute atomic E-state index is 0.317. The van der Waals surface area contributed by atoms with Crippen molar-refractivity contribution in [2.75, 3.05) is 12.2 Å². The molecule has 0 aromatic carbocycles. The highest BCUT2D eigenvalue weighted by molar-refractivity contribution is 7.54. The van der Waals surface area contributed by atoms with E-state index < -0.39 is 7.60 Å². The molecule has 14 heavy (non-hydrogen) atoms. The van der Waals surface area contributed by atoms with E-state index in [4.69, 9.17) is 21.0 Å². The van der Waals surface area contributed by atoms with Gasteiger partial charge in [-0.2, -0.15) is 0 Å². The molecule has 0 aromatic rings. The van der Waals surface area contributed by atoms with Gasteiger partial charge in [-0.25, -0.2) is 0 Å². The molecule has 0 aliphatic carbocycles. The molecule has 1 N–H and O–H groups in total.